The molecule has 0 saturated heterocycles. The average molecular weight is 275 g/mol. The first kappa shape index (κ1) is 14.8. The number of nitrogens with zero attached hydrogens (tertiary/aromatic N) is 4. The van der Waals surface area contributed by atoms with Crippen LogP contribution < -0.4 is 5.32 Å². The van der Waals surface area contributed by atoms with Gasteiger partial charge in [-0.2, -0.15) is 5.10 Å². The molecule has 2 aromatic rings. The van der Waals surface area contributed by atoms with E-state index in [1.807, 2.05) is 11.6 Å². The molecule has 5 nitrogen and oxygen atoms in total. The first-order chi connectivity index (χ1) is 9.60. The lowest BCUT2D eigenvalue weighted by Gasteiger charge is -2.14. The largest absolute Gasteiger partial charge is 0.366 e. The van der Waals surface area contributed by atoms with Crippen molar-refractivity contribution in [3.8, 4) is 0 Å². The van der Waals surface area contributed by atoms with E-state index in [0.29, 0.717) is 6.04 Å². The van der Waals surface area contributed by atoms with Crippen LogP contribution in [-0.2, 0) is 13.0 Å². The molecule has 2 heterocycles. The highest BCUT2D eigenvalue weighted by Gasteiger charge is 2.16. The Kier molecular flexibility index (Phi) is 4.57. The molecule has 1 atom stereocenters. The minimum absolute atomic E-state index is 0.392. The molecule has 0 bridgehead atoms. The molecule has 0 aromatic carbocycles. The van der Waals surface area contributed by atoms with Crippen molar-refractivity contribution >= 4 is 16.9 Å². The molecule has 0 radical (unpaired) electrons. The fourth-order valence-electron chi connectivity index (χ4n) is 2.28. The van der Waals surface area contributed by atoms with E-state index in [9.17, 15) is 0 Å². The number of hydrogen-bond acceptors (Lipinski definition) is 4. The molecule has 1 N–H and O–H groups in total. The van der Waals surface area contributed by atoms with Crippen molar-refractivity contribution in [2.24, 2.45) is 0 Å². The molecular weight excluding hydrogens is 250 g/mol. The zero-order valence-electron chi connectivity index (χ0n) is 13.2. The number of aryl methyl sites for hydroxylation is 3. The summed E-state index contributed by atoms with van der Waals surface area (Å²) in [6.45, 7) is 11.4. The lowest BCUT2D eigenvalue weighted by atomic mass is 10.2. The zero-order valence-corrected chi connectivity index (χ0v) is 13.2. The van der Waals surface area contributed by atoms with Gasteiger partial charge in [0.2, 0.25) is 0 Å². The monoisotopic (exact) mass is 275 g/mol. The Morgan fingerprint density at radius 1 is 1.20 bits per heavy atom. The summed E-state index contributed by atoms with van der Waals surface area (Å²) in [5.74, 6) is 1.83. The number of anilines is 1. The Balaban J connectivity index is 2.60. The Bertz CT molecular complexity index is 587. The molecule has 0 unspecified atom stereocenters. The highest BCUT2D eigenvalue weighted by atomic mass is 15.3. The molecule has 20 heavy (non-hydrogen) atoms. The molecular formula is C15H25N5. The van der Waals surface area contributed by atoms with Gasteiger partial charge in [-0.15, -0.1) is 0 Å². The summed E-state index contributed by atoms with van der Waals surface area (Å²) in [6.07, 6.45) is 3.02. The van der Waals surface area contributed by atoms with Gasteiger partial charge in [0, 0.05) is 19.0 Å². The van der Waals surface area contributed by atoms with E-state index in [4.69, 9.17) is 9.97 Å². The van der Waals surface area contributed by atoms with Gasteiger partial charge in [0.25, 0.3) is 0 Å². The number of hydrogen-bond donors (Lipinski definition) is 1. The summed E-state index contributed by atoms with van der Waals surface area (Å²) in [4.78, 5) is 9.41. The second-order valence-electron chi connectivity index (χ2n) is 5.29. The molecule has 5 heteroatoms. The van der Waals surface area contributed by atoms with Gasteiger partial charge in [-0.3, -0.25) is 4.68 Å². The van der Waals surface area contributed by atoms with E-state index in [1.165, 1.54) is 0 Å². The highest BCUT2D eigenvalue weighted by molar-refractivity contribution is 5.87. The second-order valence-corrected chi connectivity index (χ2v) is 5.29. The van der Waals surface area contributed by atoms with Gasteiger partial charge in [0.15, 0.2) is 5.82 Å². The third kappa shape index (κ3) is 2.76. The van der Waals surface area contributed by atoms with Crippen molar-refractivity contribution in [2.45, 2.75) is 66.5 Å². The van der Waals surface area contributed by atoms with Gasteiger partial charge >= 0.3 is 0 Å². The minimum Gasteiger partial charge on any atom is -0.366 e. The third-order valence-electron chi connectivity index (χ3n) is 3.57. The molecule has 110 valence electrons. The van der Waals surface area contributed by atoms with E-state index >= 15 is 0 Å². The molecule has 2 aromatic heterocycles. The van der Waals surface area contributed by atoms with E-state index < -0.39 is 0 Å². The lowest BCUT2D eigenvalue weighted by molar-refractivity contribution is 0.673. The van der Waals surface area contributed by atoms with Crippen LogP contribution in [0.5, 0.6) is 0 Å². The minimum atomic E-state index is 0.392. The van der Waals surface area contributed by atoms with E-state index in [-0.39, 0.29) is 0 Å². The summed E-state index contributed by atoms with van der Waals surface area (Å²) >= 11 is 0. The van der Waals surface area contributed by atoms with Gasteiger partial charge < -0.3 is 5.32 Å². The number of aromatic nitrogens is 4. The number of fused-ring (bicyclic) bond motifs is 1. The quantitative estimate of drug-likeness (QED) is 0.878. The van der Waals surface area contributed by atoms with Crippen molar-refractivity contribution < 1.29 is 0 Å². The molecule has 0 amide bonds. The van der Waals surface area contributed by atoms with E-state index in [0.717, 1.165) is 54.2 Å². The normalized spacial score (nSPS) is 12.8. The smallest absolute Gasteiger partial charge is 0.156 e. The standard InChI is InChI=1S/C15H25N5/c1-6-9-12-17-13-11(5)19-20(8-3)14(13)15(18-12)16-10(4)7-2/h10H,6-9H2,1-5H3,(H,16,17,18)/t10-/m1/s1. The van der Waals surface area contributed by atoms with Crippen molar-refractivity contribution in [3.05, 3.63) is 11.5 Å². The third-order valence-corrected chi connectivity index (χ3v) is 3.57. The van der Waals surface area contributed by atoms with Crippen LogP contribution in [0.4, 0.5) is 5.82 Å². The van der Waals surface area contributed by atoms with Gasteiger partial charge in [0.05, 0.1) is 5.69 Å². The topological polar surface area (TPSA) is 55.6 Å². The maximum Gasteiger partial charge on any atom is 0.156 e. The Morgan fingerprint density at radius 2 is 1.95 bits per heavy atom. The molecule has 0 aliphatic rings. The summed E-state index contributed by atoms with van der Waals surface area (Å²) in [5, 5.41) is 8.09. The van der Waals surface area contributed by atoms with Crippen molar-refractivity contribution in [1.29, 1.82) is 0 Å². The lowest BCUT2D eigenvalue weighted by Crippen LogP contribution is -2.16. The van der Waals surface area contributed by atoms with Crippen molar-refractivity contribution in [2.75, 3.05) is 5.32 Å². The summed E-state index contributed by atoms with van der Waals surface area (Å²) < 4.78 is 1.99. The first-order valence-corrected chi connectivity index (χ1v) is 7.61. The fourth-order valence-corrected chi connectivity index (χ4v) is 2.28. The highest BCUT2D eigenvalue weighted by Crippen LogP contribution is 2.24. The average Bonchev–Trinajstić information content (AvgIpc) is 2.76. The SMILES string of the molecule is CCCc1nc(N[C@H](C)CC)c2c(n1)c(C)nn2CC. The maximum absolute atomic E-state index is 4.72. The van der Waals surface area contributed by atoms with Gasteiger partial charge in [-0.1, -0.05) is 13.8 Å². The van der Waals surface area contributed by atoms with Crippen LogP contribution >= 0.6 is 0 Å². The van der Waals surface area contributed by atoms with E-state index in [1.54, 1.807) is 0 Å². The molecule has 0 saturated carbocycles. The van der Waals surface area contributed by atoms with Crippen LogP contribution in [0.15, 0.2) is 0 Å². The Morgan fingerprint density at radius 3 is 2.55 bits per heavy atom. The van der Waals surface area contributed by atoms with Crippen LogP contribution in [0.25, 0.3) is 11.0 Å². The number of nitrogens with one attached hydrogen (secondary N) is 1. The number of rotatable bonds is 6. The predicted molar refractivity (Wildman–Crippen MR) is 83.1 cm³/mol. The Hall–Kier alpha value is -1.65. The summed E-state index contributed by atoms with van der Waals surface area (Å²) in [6, 6.07) is 0.392. The van der Waals surface area contributed by atoms with Crippen LogP contribution in [0, 0.1) is 6.92 Å². The predicted octanol–water partition coefficient (Wildman–Crippen LogP) is 3.32. The molecule has 0 spiro atoms. The summed E-state index contributed by atoms with van der Waals surface area (Å²) in [5.41, 5.74) is 3.00. The summed E-state index contributed by atoms with van der Waals surface area (Å²) in [7, 11) is 0. The van der Waals surface area contributed by atoms with Crippen LogP contribution in [0.1, 0.15) is 52.1 Å². The zero-order chi connectivity index (χ0) is 14.7. The van der Waals surface area contributed by atoms with E-state index in [2.05, 4.69) is 38.1 Å². The maximum atomic E-state index is 4.72. The van der Waals surface area contributed by atoms with Gasteiger partial charge in [-0.25, -0.2) is 9.97 Å². The molecule has 0 aliphatic carbocycles. The molecule has 0 fully saturated rings. The van der Waals surface area contributed by atoms with Crippen LogP contribution in [0.3, 0.4) is 0 Å². The van der Waals surface area contributed by atoms with Gasteiger partial charge in [0.1, 0.15) is 16.9 Å². The first-order valence-electron chi connectivity index (χ1n) is 7.61. The van der Waals surface area contributed by atoms with Crippen LogP contribution in [-0.4, -0.2) is 25.8 Å². The fraction of sp³-hybridized carbons (Fsp3) is 0.667. The van der Waals surface area contributed by atoms with Crippen LogP contribution in [0.2, 0.25) is 0 Å². The molecule has 0 aliphatic heterocycles. The van der Waals surface area contributed by atoms with Crippen molar-refractivity contribution in [1.82, 2.24) is 19.7 Å². The van der Waals surface area contributed by atoms with Crippen molar-refractivity contribution in [3.63, 3.8) is 0 Å². The molecule has 2 rings (SSSR count). The Labute approximate surface area is 120 Å². The van der Waals surface area contributed by atoms with Gasteiger partial charge in [-0.05, 0) is 33.6 Å². The second kappa shape index (κ2) is 6.20.